The van der Waals surface area contributed by atoms with E-state index in [-0.39, 0.29) is 0 Å². The first-order valence-electron chi connectivity index (χ1n) is 9.64. The Labute approximate surface area is 182 Å². The van der Waals surface area contributed by atoms with Crippen molar-refractivity contribution in [2.24, 2.45) is 7.05 Å². The van der Waals surface area contributed by atoms with Crippen LogP contribution in [0.5, 0.6) is 0 Å². The molecule has 0 amide bonds. The maximum atomic E-state index is 12.6. The summed E-state index contributed by atoms with van der Waals surface area (Å²) in [5.74, 6) is 0.619. The molecule has 2 heterocycles. The van der Waals surface area contributed by atoms with Crippen molar-refractivity contribution in [3.63, 3.8) is 0 Å². The Morgan fingerprint density at radius 2 is 1.80 bits per heavy atom. The summed E-state index contributed by atoms with van der Waals surface area (Å²) < 4.78 is 3.29. The first-order chi connectivity index (χ1) is 14.5. The quantitative estimate of drug-likeness (QED) is 0.441. The maximum absolute atomic E-state index is 12.6. The second-order valence-corrected chi connectivity index (χ2v) is 8.36. The molecule has 8 heteroatoms. The van der Waals surface area contributed by atoms with Crippen molar-refractivity contribution in [1.82, 2.24) is 19.1 Å². The number of thioether (sulfide) groups is 1. The number of fused-ring (bicyclic) bond motifs is 1. The number of nitrogens with one attached hydrogen (secondary N) is 1. The van der Waals surface area contributed by atoms with E-state index in [1.165, 1.54) is 21.9 Å². The van der Waals surface area contributed by atoms with Gasteiger partial charge >= 0.3 is 5.69 Å². The molecule has 0 unspecified atom stereocenters. The van der Waals surface area contributed by atoms with Crippen molar-refractivity contribution in [2.75, 3.05) is 0 Å². The van der Waals surface area contributed by atoms with Gasteiger partial charge in [0.15, 0.2) is 16.3 Å². The molecule has 2 aromatic heterocycles. The lowest BCUT2D eigenvalue weighted by atomic mass is 10.1. The van der Waals surface area contributed by atoms with E-state index in [2.05, 4.69) is 22.1 Å². The van der Waals surface area contributed by atoms with Gasteiger partial charge in [-0.3, -0.25) is 14.3 Å². The first kappa shape index (κ1) is 20.5. The van der Waals surface area contributed by atoms with E-state index in [1.807, 2.05) is 47.0 Å². The molecule has 0 bridgehead atoms. The summed E-state index contributed by atoms with van der Waals surface area (Å²) in [5.41, 5.74) is 2.18. The van der Waals surface area contributed by atoms with Gasteiger partial charge in [-0.15, -0.1) is 0 Å². The van der Waals surface area contributed by atoms with Crippen LogP contribution in [0.2, 0.25) is 5.02 Å². The second-order valence-electron chi connectivity index (χ2n) is 7.01. The molecule has 0 saturated carbocycles. The van der Waals surface area contributed by atoms with Crippen LogP contribution in [-0.2, 0) is 25.8 Å². The predicted octanol–water partition coefficient (Wildman–Crippen LogP) is 4.00. The first-order valence-corrected chi connectivity index (χ1v) is 11.0. The SMILES string of the molecule is Cn1c(=O)[nH]c(=O)c2c1nc(SCc1ccccc1Cl)n2CCCc1ccccc1. The van der Waals surface area contributed by atoms with Gasteiger partial charge in [-0.1, -0.05) is 71.9 Å². The number of rotatable bonds is 7. The summed E-state index contributed by atoms with van der Waals surface area (Å²) in [6.07, 6.45) is 1.73. The summed E-state index contributed by atoms with van der Waals surface area (Å²) in [6.45, 7) is 0.623. The molecule has 0 radical (unpaired) electrons. The normalized spacial score (nSPS) is 11.3. The molecule has 0 atom stereocenters. The van der Waals surface area contributed by atoms with Crippen molar-refractivity contribution in [2.45, 2.75) is 30.3 Å². The summed E-state index contributed by atoms with van der Waals surface area (Å²) in [4.78, 5) is 31.6. The Kier molecular flexibility index (Phi) is 6.11. The van der Waals surface area contributed by atoms with Crippen LogP contribution < -0.4 is 11.2 Å². The van der Waals surface area contributed by atoms with Crippen LogP contribution in [-0.4, -0.2) is 19.1 Å². The highest BCUT2D eigenvalue weighted by atomic mass is 35.5. The minimum atomic E-state index is -0.468. The van der Waals surface area contributed by atoms with Crippen LogP contribution >= 0.6 is 23.4 Å². The van der Waals surface area contributed by atoms with Crippen LogP contribution in [0.4, 0.5) is 0 Å². The fourth-order valence-corrected chi connectivity index (χ4v) is 4.68. The highest BCUT2D eigenvalue weighted by Gasteiger charge is 2.18. The van der Waals surface area contributed by atoms with Crippen molar-refractivity contribution in [1.29, 1.82) is 0 Å². The second kappa shape index (κ2) is 8.93. The number of aryl methyl sites for hydroxylation is 3. The molecule has 30 heavy (non-hydrogen) atoms. The van der Waals surface area contributed by atoms with E-state index < -0.39 is 11.2 Å². The Morgan fingerprint density at radius 1 is 1.07 bits per heavy atom. The summed E-state index contributed by atoms with van der Waals surface area (Å²) in [5, 5.41) is 1.40. The minimum absolute atomic E-state index is 0.394. The Balaban J connectivity index is 1.67. The molecule has 0 saturated heterocycles. The number of H-pyrrole nitrogens is 1. The van der Waals surface area contributed by atoms with Gasteiger partial charge in [-0.2, -0.15) is 0 Å². The van der Waals surface area contributed by atoms with Crippen molar-refractivity contribution >= 4 is 34.5 Å². The Morgan fingerprint density at radius 3 is 2.57 bits per heavy atom. The zero-order chi connectivity index (χ0) is 21.1. The molecule has 0 aliphatic heterocycles. The van der Waals surface area contributed by atoms with E-state index in [1.54, 1.807) is 7.05 Å². The van der Waals surface area contributed by atoms with E-state index in [9.17, 15) is 9.59 Å². The van der Waals surface area contributed by atoms with E-state index in [4.69, 9.17) is 11.6 Å². The lowest BCUT2D eigenvalue weighted by Gasteiger charge is -2.09. The molecular formula is C22H21ClN4O2S. The molecule has 4 aromatic rings. The van der Waals surface area contributed by atoms with Crippen molar-refractivity contribution < 1.29 is 0 Å². The smallest absolute Gasteiger partial charge is 0.313 e. The standard InChI is InChI=1S/C22H21ClN4O2S/c1-26-19-18(20(28)25-21(26)29)27(13-7-10-15-8-3-2-4-9-15)22(24-19)30-14-16-11-5-6-12-17(16)23/h2-6,8-9,11-12H,7,10,13-14H2,1H3,(H,25,28,29). The third-order valence-corrected chi connectivity index (χ3v) is 6.37. The molecule has 2 aromatic carbocycles. The molecule has 0 spiro atoms. The largest absolute Gasteiger partial charge is 0.329 e. The molecule has 6 nitrogen and oxygen atoms in total. The van der Waals surface area contributed by atoms with Gasteiger partial charge in [0.05, 0.1) is 0 Å². The van der Waals surface area contributed by atoms with Crippen LogP contribution in [0.15, 0.2) is 69.3 Å². The number of nitrogens with zero attached hydrogens (tertiary/aromatic N) is 3. The van der Waals surface area contributed by atoms with Gasteiger partial charge < -0.3 is 4.57 Å². The average molecular weight is 441 g/mol. The molecule has 0 aliphatic carbocycles. The molecule has 0 fully saturated rings. The molecular weight excluding hydrogens is 420 g/mol. The van der Waals surface area contributed by atoms with Crippen molar-refractivity contribution in [3.05, 3.63) is 91.6 Å². The summed E-state index contributed by atoms with van der Waals surface area (Å²) in [7, 11) is 1.62. The fourth-order valence-electron chi connectivity index (χ4n) is 3.38. The third-order valence-electron chi connectivity index (χ3n) is 4.98. The third kappa shape index (κ3) is 4.22. The monoisotopic (exact) mass is 440 g/mol. The Hall–Kier alpha value is -2.77. The van der Waals surface area contributed by atoms with Gasteiger partial charge in [0.1, 0.15) is 0 Å². The fraction of sp³-hybridized carbons (Fsp3) is 0.227. The average Bonchev–Trinajstić information content (AvgIpc) is 3.11. The van der Waals surface area contributed by atoms with E-state index in [0.717, 1.165) is 18.4 Å². The number of benzene rings is 2. The van der Waals surface area contributed by atoms with Crippen LogP contribution in [0.25, 0.3) is 11.2 Å². The zero-order valence-corrected chi connectivity index (χ0v) is 18.0. The number of aromatic amines is 1. The Bertz CT molecular complexity index is 1290. The minimum Gasteiger partial charge on any atom is -0.313 e. The number of aromatic nitrogens is 4. The maximum Gasteiger partial charge on any atom is 0.329 e. The number of hydrogen-bond acceptors (Lipinski definition) is 4. The van der Waals surface area contributed by atoms with E-state index >= 15 is 0 Å². The van der Waals surface area contributed by atoms with Crippen LogP contribution in [0, 0.1) is 0 Å². The highest BCUT2D eigenvalue weighted by Crippen LogP contribution is 2.28. The number of hydrogen-bond donors (Lipinski definition) is 1. The zero-order valence-electron chi connectivity index (χ0n) is 16.5. The summed E-state index contributed by atoms with van der Waals surface area (Å²) in [6, 6.07) is 17.9. The van der Waals surface area contributed by atoms with Gasteiger partial charge in [0, 0.05) is 24.4 Å². The van der Waals surface area contributed by atoms with Crippen LogP contribution in [0.3, 0.4) is 0 Å². The van der Waals surface area contributed by atoms with Gasteiger partial charge in [-0.25, -0.2) is 9.78 Å². The van der Waals surface area contributed by atoms with Gasteiger partial charge in [-0.05, 0) is 30.0 Å². The predicted molar refractivity (Wildman–Crippen MR) is 121 cm³/mol. The van der Waals surface area contributed by atoms with Gasteiger partial charge in [0.2, 0.25) is 0 Å². The van der Waals surface area contributed by atoms with Gasteiger partial charge in [0.25, 0.3) is 5.56 Å². The van der Waals surface area contributed by atoms with E-state index in [0.29, 0.717) is 33.6 Å². The van der Waals surface area contributed by atoms with Crippen molar-refractivity contribution in [3.8, 4) is 0 Å². The molecule has 154 valence electrons. The number of imidazole rings is 1. The summed E-state index contributed by atoms with van der Waals surface area (Å²) >= 11 is 7.80. The molecule has 0 aliphatic rings. The number of halogens is 1. The lowest BCUT2D eigenvalue weighted by molar-refractivity contribution is 0.608. The molecule has 1 N–H and O–H groups in total. The highest BCUT2D eigenvalue weighted by molar-refractivity contribution is 7.98. The topological polar surface area (TPSA) is 72.7 Å². The van der Waals surface area contributed by atoms with Crippen LogP contribution in [0.1, 0.15) is 17.5 Å². The lowest BCUT2D eigenvalue weighted by Crippen LogP contribution is -2.29. The molecule has 4 rings (SSSR count).